The van der Waals surface area contributed by atoms with Gasteiger partial charge in [0.05, 0.1) is 13.0 Å². The second kappa shape index (κ2) is 6.86. The summed E-state index contributed by atoms with van der Waals surface area (Å²) in [7, 11) is 1.47. The molecule has 0 aromatic rings. The fourth-order valence-electron chi connectivity index (χ4n) is 2.53. The molecule has 0 bridgehead atoms. The monoisotopic (exact) mass is 228 g/mol. The van der Waals surface area contributed by atoms with E-state index in [2.05, 4.69) is 11.8 Å². The van der Waals surface area contributed by atoms with Gasteiger partial charge in [-0.3, -0.25) is 9.69 Å². The maximum atomic E-state index is 11.5. The van der Waals surface area contributed by atoms with Crippen molar-refractivity contribution in [3.05, 3.63) is 0 Å². The molecule has 1 fully saturated rings. The summed E-state index contributed by atoms with van der Waals surface area (Å²) in [5.74, 6) is -0.00197. The number of carbonyl (C=O) groups excluding carboxylic acids is 1. The van der Waals surface area contributed by atoms with Crippen molar-refractivity contribution in [2.75, 3.05) is 26.7 Å². The van der Waals surface area contributed by atoms with Gasteiger partial charge < -0.3 is 10.5 Å². The summed E-state index contributed by atoms with van der Waals surface area (Å²) in [5.41, 5.74) is 5.61. The van der Waals surface area contributed by atoms with Gasteiger partial charge in [-0.2, -0.15) is 0 Å². The fourth-order valence-corrected chi connectivity index (χ4v) is 2.53. The summed E-state index contributed by atoms with van der Waals surface area (Å²) in [5, 5.41) is 0. The molecule has 16 heavy (non-hydrogen) atoms. The normalized spacial score (nSPS) is 24.1. The Morgan fingerprint density at radius 3 is 2.94 bits per heavy atom. The highest BCUT2D eigenvalue weighted by atomic mass is 16.5. The molecule has 1 saturated heterocycles. The molecule has 2 N–H and O–H groups in total. The molecule has 1 heterocycles. The lowest BCUT2D eigenvalue weighted by molar-refractivity contribution is -0.147. The molecule has 4 nitrogen and oxygen atoms in total. The maximum Gasteiger partial charge on any atom is 0.309 e. The highest BCUT2D eigenvalue weighted by Gasteiger charge is 2.29. The molecule has 4 heteroatoms. The molecule has 2 unspecified atom stereocenters. The zero-order valence-corrected chi connectivity index (χ0v) is 10.4. The van der Waals surface area contributed by atoms with E-state index in [1.54, 1.807) is 0 Å². The number of nitrogens with two attached hydrogens (primary N) is 1. The molecule has 0 aromatic carbocycles. The van der Waals surface area contributed by atoms with Crippen LogP contribution in [-0.4, -0.2) is 43.7 Å². The van der Waals surface area contributed by atoms with E-state index in [4.69, 9.17) is 10.5 Å². The number of piperidine rings is 1. The van der Waals surface area contributed by atoms with Crippen LogP contribution in [0.15, 0.2) is 0 Å². The van der Waals surface area contributed by atoms with Crippen LogP contribution in [0, 0.1) is 5.92 Å². The third-order valence-electron chi connectivity index (χ3n) is 3.47. The molecule has 94 valence electrons. The standard InChI is InChI=1S/C12H24N2O2/c1-3-11(6-7-13)14-8-4-5-10(9-14)12(15)16-2/h10-11H,3-9,13H2,1-2H3. The first-order valence-electron chi connectivity index (χ1n) is 6.24. The van der Waals surface area contributed by atoms with Crippen LogP contribution in [0.4, 0.5) is 0 Å². The summed E-state index contributed by atoms with van der Waals surface area (Å²) < 4.78 is 4.82. The Labute approximate surface area is 98.1 Å². The van der Waals surface area contributed by atoms with Crippen LogP contribution < -0.4 is 5.73 Å². The number of likely N-dealkylation sites (tertiary alicyclic amines) is 1. The van der Waals surface area contributed by atoms with Crippen molar-refractivity contribution in [3.63, 3.8) is 0 Å². The Balaban J connectivity index is 2.51. The lowest BCUT2D eigenvalue weighted by atomic mass is 9.95. The van der Waals surface area contributed by atoms with Crippen LogP contribution in [0.25, 0.3) is 0 Å². The average molecular weight is 228 g/mol. The topological polar surface area (TPSA) is 55.6 Å². The summed E-state index contributed by atoms with van der Waals surface area (Å²) in [6.07, 6.45) is 4.17. The zero-order valence-electron chi connectivity index (χ0n) is 10.4. The van der Waals surface area contributed by atoms with Crippen LogP contribution in [0.1, 0.15) is 32.6 Å². The van der Waals surface area contributed by atoms with E-state index >= 15 is 0 Å². The van der Waals surface area contributed by atoms with Gasteiger partial charge in [0.15, 0.2) is 0 Å². The highest BCUT2D eigenvalue weighted by Crippen LogP contribution is 2.21. The van der Waals surface area contributed by atoms with Crippen molar-refractivity contribution in [2.24, 2.45) is 11.7 Å². The third-order valence-corrected chi connectivity index (χ3v) is 3.47. The van der Waals surface area contributed by atoms with E-state index in [9.17, 15) is 4.79 Å². The summed E-state index contributed by atoms with van der Waals surface area (Å²) >= 11 is 0. The Morgan fingerprint density at radius 1 is 1.62 bits per heavy atom. The number of hydrogen-bond donors (Lipinski definition) is 1. The number of rotatable bonds is 5. The molecule has 0 radical (unpaired) electrons. The molecule has 0 saturated carbocycles. The summed E-state index contributed by atoms with van der Waals surface area (Å²) in [6.45, 7) is 4.83. The molecule has 1 aliphatic heterocycles. The number of hydrogen-bond acceptors (Lipinski definition) is 4. The second-order valence-electron chi connectivity index (χ2n) is 4.50. The minimum Gasteiger partial charge on any atom is -0.469 e. The van der Waals surface area contributed by atoms with Gasteiger partial charge in [0.2, 0.25) is 0 Å². The van der Waals surface area contributed by atoms with Crippen molar-refractivity contribution in [1.82, 2.24) is 4.90 Å². The Hall–Kier alpha value is -0.610. The van der Waals surface area contributed by atoms with E-state index in [0.717, 1.165) is 45.3 Å². The average Bonchev–Trinajstić information content (AvgIpc) is 2.35. The SMILES string of the molecule is CCC(CCN)N1CCCC(C(=O)OC)C1. The quantitative estimate of drug-likeness (QED) is 0.713. The van der Waals surface area contributed by atoms with Gasteiger partial charge in [0.25, 0.3) is 0 Å². The Kier molecular flexibility index (Phi) is 5.77. The van der Waals surface area contributed by atoms with Crippen LogP contribution in [0.3, 0.4) is 0 Å². The Morgan fingerprint density at radius 2 is 2.38 bits per heavy atom. The summed E-state index contributed by atoms with van der Waals surface area (Å²) in [4.78, 5) is 13.9. The van der Waals surface area contributed by atoms with Gasteiger partial charge in [-0.1, -0.05) is 6.92 Å². The molecule has 0 spiro atoms. The van der Waals surface area contributed by atoms with Crippen LogP contribution in [-0.2, 0) is 9.53 Å². The first-order valence-corrected chi connectivity index (χ1v) is 6.24. The molecule has 0 aromatic heterocycles. The zero-order chi connectivity index (χ0) is 12.0. The van der Waals surface area contributed by atoms with Gasteiger partial charge in [-0.25, -0.2) is 0 Å². The predicted octanol–water partition coefficient (Wildman–Crippen LogP) is 0.999. The molecule has 0 amide bonds. The maximum absolute atomic E-state index is 11.5. The van der Waals surface area contributed by atoms with E-state index in [-0.39, 0.29) is 11.9 Å². The van der Waals surface area contributed by atoms with Gasteiger partial charge in [0, 0.05) is 12.6 Å². The lowest BCUT2D eigenvalue weighted by Gasteiger charge is -2.37. The van der Waals surface area contributed by atoms with Crippen molar-refractivity contribution >= 4 is 5.97 Å². The van der Waals surface area contributed by atoms with Crippen LogP contribution in [0.2, 0.25) is 0 Å². The van der Waals surface area contributed by atoms with Crippen molar-refractivity contribution in [2.45, 2.75) is 38.6 Å². The van der Waals surface area contributed by atoms with Gasteiger partial charge in [-0.05, 0) is 38.8 Å². The molecular formula is C12H24N2O2. The Bertz CT molecular complexity index is 221. The smallest absolute Gasteiger partial charge is 0.309 e. The highest BCUT2D eigenvalue weighted by molar-refractivity contribution is 5.72. The van der Waals surface area contributed by atoms with Gasteiger partial charge in [-0.15, -0.1) is 0 Å². The molecular weight excluding hydrogens is 204 g/mol. The number of methoxy groups -OCH3 is 1. The van der Waals surface area contributed by atoms with Crippen LogP contribution in [0.5, 0.6) is 0 Å². The molecule has 0 aliphatic carbocycles. The predicted molar refractivity (Wildman–Crippen MR) is 64.1 cm³/mol. The largest absolute Gasteiger partial charge is 0.469 e. The first-order chi connectivity index (χ1) is 7.72. The molecule has 1 rings (SSSR count). The molecule has 2 atom stereocenters. The number of ether oxygens (including phenoxy) is 1. The van der Waals surface area contributed by atoms with Gasteiger partial charge in [0.1, 0.15) is 0 Å². The van der Waals surface area contributed by atoms with Crippen molar-refractivity contribution in [3.8, 4) is 0 Å². The van der Waals surface area contributed by atoms with E-state index in [1.807, 2.05) is 0 Å². The van der Waals surface area contributed by atoms with Gasteiger partial charge >= 0.3 is 5.97 Å². The molecule has 1 aliphatic rings. The van der Waals surface area contributed by atoms with Crippen molar-refractivity contribution < 1.29 is 9.53 Å². The number of nitrogens with zero attached hydrogens (tertiary/aromatic N) is 1. The second-order valence-corrected chi connectivity index (χ2v) is 4.50. The third kappa shape index (κ3) is 3.46. The van der Waals surface area contributed by atoms with Crippen molar-refractivity contribution in [1.29, 1.82) is 0 Å². The van der Waals surface area contributed by atoms with E-state index in [0.29, 0.717) is 6.04 Å². The van der Waals surface area contributed by atoms with E-state index in [1.165, 1.54) is 7.11 Å². The minimum absolute atomic E-state index is 0.0607. The van der Waals surface area contributed by atoms with E-state index < -0.39 is 0 Å². The number of esters is 1. The number of carbonyl (C=O) groups is 1. The summed E-state index contributed by atoms with van der Waals surface area (Å²) in [6, 6.07) is 0.525. The van der Waals surface area contributed by atoms with Crippen LogP contribution >= 0.6 is 0 Å². The minimum atomic E-state index is -0.0627. The lowest BCUT2D eigenvalue weighted by Crippen LogP contribution is -2.45. The first kappa shape index (κ1) is 13.5. The fraction of sp³-hybridized carbons (Fsp3) is 0.917.